The lowest BCUT2D eigenvalue weighted by molar-refractivity contribution is 0.365. The minimum absolute atomic E-state index is 0.775. The van der Waals surface area contributed by atoms with E-state index in [9.17, 15) is 0 Å². The summed E-state index contributed by atoms with van der Waals surface area (Å²) in [6.45, 7) is 0. The van der Waals surface area contributed by atoms with E-state index in [4.69, 9.17) is 0 Å². The molecule has 3 aromatic rings. The van der Waals surface area contributed by atoms with Gasteiger partial charge in [-0.05, 0) is 18.8 Å². The third kappa shape index (κ3) is 3.92. The molecule has 3 aromatic carbocycles. The Morgan fingerprint density at radius 2 is 1.04 bits per heavy atom. The van der Waals surface area contributed by atoms with E-state index in [0.717, 1.165) is 12.3 Å². The molecule has 1 saturated carbocycles. The molecule has 1 heteroatoms. The number of hydrogen-bond acceptors (Lipinski definition) is 0. The van der Waals surface area contributed by atoms with Gasteiger partial charge in [0.2, 0.25) is 0 Å². The molecule has 140 valence electrons. The minimum atomic E-state index is -1.30. The van der Waals surface area contributed by atoms with Crippen molar-refractivity contribution in [1.82, 2.24) is 0 Å². The van der Waals surface area contributed by atoms with Crippen LogP contribution in [0.2, 0.25) is 0 Å². The summed E-state index contributed by atoms with van der Waals surface area (Å²) >= 11 is 0. The molecular weight excluding hydrogens is 335 g/mol. The zero-order valence-corrected chi connectivity index (χ0v) is 16.6. The Bertz CT molecular complexity index is 817. The molecule has 0 spiro atoms. The Kier molecular flexibility index (Phi) is 5.98. The SMILES string of the molecule is C(#C[B-](c1ccccc1)(c1ccccc1)c1ccccc1)CC1CCCCC1. The quantitative estimate of drug-likeness (QED) is 0.467. The van der Waals surface area contributed by atoms with E-state index in [1.54, 1.807) is 0 Å². The average Bonchev–Trinajstić information content (AvgIpc) is 2.79. The first-order valence-electron chi connectivity index (χ1n) is 10.7. The van der Waals surface area contributed by atoms with Gasteiger partial charge in [-0.25, -0.2) is 0 Å². The molecule has 4 rings (SSSR count). The summed E-state index contributed by atoms with van der Waals surface area (Å²) in [6.07, 6.45) is 6.55. The maximum Gasteiger partial charge on any atom is 0.149 e. The van der Waals surface area contributed by atoms with Gasteiger partial charge in [-0.1, -0.05) is 110 Å². The minimum Gasteiger partial charge on any atom is -0.297 e. The summed E-state index contributed by atoms with van der Waals surface area (Å²) in [4.78, 5) is 0. The highest BCUT2D eigenvalue weighted by molar-refractivity contribution is 7.16. The molecule has 1 aliphatic carbocycles. The Hall–Kier alpha value is -2.72. The molecule has 28 heavy (non-hydrogen) atoms. The lowest BCUT2D eigenvalue weighted by atomic mass is 9.16. The van der Waals surface area contributed by atoms with Crippen molar-refractivity contribution in [2.45, 2.75) is 38.5 Å². The van der Waals surface area contributed by atoms with Crippen molar-refractivity contribution in [3.8, 4) is 11.7 Å². The fourth-order valence-corrected chi connectivity index (χ4v) is 4.80. The fraction of sp³-hybridized carbons (Fsp3) is 0.259. The zero-order valence-electron chi connectivity index (χ0n) is 16.6. The van der Waals surface area contributed by atoms with Crippen LogP contribution in [0.5, 0.6) is 0 Å². The van der Waals surface area contributed by atoms with Crippen LogP contribution < -0.4 is 16.4 Å². The second-order valence-corrected chi connectivity index (χ2v) is 8.13. The highest BCUT2D eigenvalue weighted by Crippen LogP contribution is 2.25. The molecule has 1 fully saturated rings. The van der Waals surface area contributed by atoms with E-state index < -0.39 is 6.15 Å². The van der Waals surface area contributed by atoms with Crippen LogP contribution in [0.1, 0.15) is 38.5 Å². The topological polar surface area (TPSA) is 0 Å². The summed E-state index contributed by atoms with van der Waals surface area (Å²) < 4.78 is 0. The van der Waals surface area contributed by atoms with Crippen LogP contribution in [0, 0.1) is 17.7 Å². The molecular formula is C27H28B-. The van der Waals surface area contributed by atoms with Crippen molar-refractivity contribution in [2.75, 3.05) is 0 Å². The second kappa shape index (κ2) is 8.98. The fourth-order valence-electron chi connectivity index (χ4n) is 4.80. The largest absolute Gasteiger partial charge is 0.297 e. The number of hydrogen-bond donors (Lipinski definition) is 0. The highest BCUT2D eigenvalue weighted by Gasteiger charge is 2.27. The Balaban J connectivity index is 1.84. The Labute approximate surface area is 169 Å². The molecule has 0 N–H and O–H groups in total. The van der Waals surface area contributed by atoms with Gasteiger partial charge in [0, 0.05) is 6.42 Å². The standard InChI is InChI=1S/C27H28B/c1-5-14-24(15-6-1)16-13-23-28(25-17-7-2-8-18-25,26-19-9-3-10-20-26)27-21-11-4-12-22-27/h2-4,7-12,17-22,24H,1,5-6,14-16H2/q-1. The van der Waals surface area contributed by atoms with Gasteiger partial charge in [-0.15, -0.1) is 5.92 Å². The van der Waals surface area contributed by atoms with Crippen LogP contribution in [0.15, 0.2) is 91.0 Å². The van der Waals surface area contributed by atoms with Gasteiger partial charge in [-0.3, -0.25) is 5.82 Å². The lowest BCUT2D eigenvalue weighted by Crippen LogP contribution is -2.66. The van der Waals surface area contributed by atoms with Crippen LogP contribution in [-0.2, 0) is 0 Å². The summed E-state index contributed by atoms with van der Waals surface area (Å²) in [5.41, 5.74) is 3.91. The normalized spacial score (nSPS) is 14.9. The van der Waals surface area contributed by atoms with Crippen LogP contribution in [0.25, 0.3) is 0 Å². The van der Waals surface area contributed by atoms with Gasteiger partial charge in [0.15, 0.2) is 0 Å². The molecule has 0 unspecified atom stereocenters. The summed E-state index contributed by atoms with van der Waals surface area (Å²) in [6, 6.07) is 32.6. The smallest absolute Gasteiger partial charge is 0.149 e. The van der Waals surface area contributed by atoms with Gasteiger partial charge < -0.3 is 0 Å². The lowest BCUT2D eigenvalue weighted by Gasteiger charge is -2.38. The monoisotopic (exact) mass is 363 g/mol. The molecule has 0 saturated heterocycles. The molecule has 0 aromatic heterocycles. The average molecular weight is 363 g/mol. The van der Waals surface area contributed by atoms with Crippen molar-refractivity contribution < 1.29 is 0 Å². The zero-order chi connectivity index (χ0) is 19.1. The van der Waals surface area contributed by atoms with Crippen molar-refractivity contribution in [2.24, 2.45) is 5.92 Å². The first-order valence-corrected chi connectivity index (χ1v) is 10.7. The first-order chi connectivity index (χ1) is 13.9. The Morgan fingerprint density at radius 1 is 0.607 bits per heavy atom. The van der Waals surface area contributed by atoms with Crippen molar-refractivity contribution in [1.29, 1.82) is 0 Å². The van der Waals surface area contributed by atoms with Gasteiger partial charge in [0.1, 0.15) is 6.15 Å². The maximum absolute atomic E-state index is 3.84. The third-order valence-corrected chi connectivity index (χ3v) is 6.33. The molecule has 0 atom stereocenters. The van der Waals surface area contributed by atoms with E-state index in [1.807, 2.05) is 0 Å². The molecule has 1 aliphatic rings. The van der Waals surface area contributed by atoms with Crippen LogP contribution >= 0.6 is 0 Å². The molecule has 0 aliphatic heterocycles. The third-order valence-electron chi connectivity index (χ3n) is 6.33. The molecule has 0 radical (unpaired) electrons. The Morgan fingerprint density at radius 3 is 1.46 bits per heavy atom. The van der Waals surface area contributed by atoms with Crippen LogP contribution in [-0.4, -0.2) is 6.15 Å². The van der Waals surface area contributed by atoms with E-state index >= 15 is 0 Å². The van der Waals surface area contributed by atoms with E-state index in [1.165, 1.54) is 48.5 Å². The summed E-state index contributed by atoms with van der Waals surface area (Å²) in [7, 11) is 0. The van der Waals surface area contributed by atoms with Crippen LogP contribution in [0.3, 0.4) is 0 Å². The van der Waals surface area contributed by atoms with Gasteiger partial charge in [0.25, 0.3) is 0 Å². The van der Waals surface area contributed by atoms with Gasteiger partial charge >= 0.3 is 0 Å². The van der Waals surface area contributed by atoms with Crippen molar-refractivity contribution in [3.05, 3.63) is 91.0 Å². The first kappa shape index (κ1) is 18.6. The van der Waals surface area contributed by atoms with Crippen LogP contribution in [0.4, 0.5) is 0 Å². The molecule has 0 nitrogen and oxygen atoms in total. The predicted molar refractivity (Wildman–Crippen MR) is 123 cm³/mol. The van der Waals surface area contributed by atoms with E-state index in [0.29, 0.717) is 0 Å². The molecule has 0 heterocycles. The van der Waals surface area contributed by atoms with E-state index in [-0.39, 0.29) is 0 Å². The summed E-state index contributed by atoms with van der Waals surface area (Å²) in [5, 5.41) is 0. The molecule has 0 amide bonds. The number of rotatable bonds is 4. The summed E-state index contributed by atoms with van der Waals surface area (Å²) in [5.74, 6) is 8.29. The highest BCUT2D eigenvalue weighted by atomic mass is 14.2. The van der Waals surface area contributed by atoms with E-state index in [2.05, 4.69) is 103 Å². The number of benzene rings is 3. The molecule has 0 bridgehead atoms. The predicted octanol–water partition coefficient (Wildman–Crippen LogP) is 4.67. The van der Waals surface area contributed by atoms with Crippen molar-refractivity contribution in [3.63, 3.8) is 0 Å². The van der Waals surface area contributed by atoms with Crippen molar-refractivity contribution >= 4 is 22.5 Å². The van der Waals surface area contributed by atoms with Gasteiger partial charge in [0.05, 0.1) is 0 Å². The maximum atomic E-state index is 3.84. The second-order valence-electron chi connectivity index (χ2n) is 8.13. The van der Waals surface area contributed by atoms with Gasteiger partial charge in [-0.2, -0.15) is 16.4 Å².